The van der Waals surface area contributed by atoms with E-state index in [1.165, 1.54) is 0 Å². The lowest BCUT2D eigenvalue weighted by Crippen LogP contribution is -2.04. The Hall–Kier alpha value is -9.34. The van der Waals surface area contributed by atoms with Crippen molar-refractivity contribution in [1.82, 2.24) is 0 Å². The molecule has 7 rings (SSSR count). The van der Waals surface area contributed by atoms with Gasteiger partial charge in [0.15, 0.2) is 0 Å². The molecule has 0 aliphatic heterocycles. The van der Waals surface area contributed by atoms with Crippen LogP contribution < -0.4 is 0 Å². The zero-order valence-corrected chi connectivity index (χ0v) is 39.1. The van der Waals surface area contributed by atoms with Crippen molar-refractivity contribution in [3.8, 4) is 69.6 Å². The van der Waals surface area contributed by atoms with Gasteiger partial charge >= 0.3 is 23.9 Å². The molecule has 0 aromatic heterocycles. The molecule has 8 heteroatoms. The van der Waals surface area contributed by atoms with Crippen LogP contribution in [0.25, 0.3) is 22.3 Å². The van der Waals surface area contributed by atoms with Crippen molar-refractivity contribution in [2.24, 2.45) is 0 Å². The smallest absolute Gasteiger partial charge is 0.338 e. The van der Waals surface area contributed by atoms with Gasteiger partial charge in [0.25, 0.3) is 0 Å². The maximum absolute atomic E-state index is 12.2. The van der Waals surface area contributed by atoms with Crippen molar-refractivity contribution < 1.29 is 38.1 Å². The molecule has 0 spiro atoms. The number of esters is 4. The predicted octanol–water partition coefficient (Wildman–Crippen LogP) is 11.3. The first kappa shape index (κ1) is 48.6. The summed E-state index contributed by atoms with van der Waals surface area (Å²) in [5.41, 5.74) is 11.3. The average Bonchev–Trinajstić information content (AvgIpc) is 3.39. The van der Waals surface area contributed by atoms with Gasteiger partial charge in [0.1, 0.15) is 0 Å². The first-order chi connectivity index (χ1) is 34.1. The Bertz CT molecular complexity index is 2880. The van der Waals surface area contributed by atoms with E-state index in [1.807, 2.05) is 60.7 Å². The highest BCUT2D eigenvalue weighted by atomic mass is 16.5. The van der Waals surface area contributed by atoms with Crippen LogP contribution in [0.3, 0.4) is 0 Å². The minimum Gasteiger partial charge on any atom is -0.462 e. The number of ether oxygens (including phenoxy) is 4. The molecule has 7 aromatic rings. The van der Waals surface area contributed by atoms with Crippen LogP contribution >= 0.6 is 0 Å². The average molecular weight is 919 g/mol. The Balaban J connectivity index is 1.23. The summed E-state index contributed by atoms with van der Waals surface area (Å²) >= 11 is 0. The van der Waals surface area contributed by atoms with Crippen LogP contribution in [0, 0.1) is 47.4 Å². The van der Waals surface area contributed by atoms with E-state index in [1.54, 1.807) is 125 Å². The largest absolute Gasteiger partial charge is 0.462 e. The van der Waals surface area contributed by atoms with Gasteiger partial charge in [0.2, 0.25) is 0 Å². The van der Waals surface area contributed by atoms with E-state index in [-0.39, 0.29) is 23.9 Å². The Morgan fingerprint density at radius 1 is 0.271 bits per heavy atom. The van der Waals surface area contributed by atoms with Gasteiger partial charge in [-0.1, -0.05) is 71.6 Å². The molecule has 0 radical (unpaired) electrons. The maximum Gasteiger partial charge on any atom is 0.338 e. The molecule has 0 unspecified atom stereocenters. The van der Waals surface area contributed by atoms with Gasteiger partial charge in [-0.15, -0.1) is 0 Å². The van der Waals surface area contributed by atoms with Crippen molar-refractivity contribution in [2.45, 2.75) is 27.7 Å². The summed E-state index contributed by atoms with van der Waals surface area (Å²) in [6, 6.07) is 47.9. The summed E-state index contributed by atoms with van der Waals surface area (Å²) in [4.78, 5) is 48.9. The van der Waals surface area contributed by atoms with E-state index in [4.69, 9.17) is 18.9 Å². The third-order valence-electron chi connectivity index (χ3n) is 10.4. The molecule has 70 heavy (non-hydrogen) atoms. The number of hydrogen-bond donors (Lipinski definition) is 0. The van der Waals surface area contributed by atoms with Crippen LogP contribution in [-0.2, 0) is 18.9 Å². The van der Waals surface area contributed by atoms with Crippen LogP contribution in [0.2, 0.25) is 0 Å². The number of carbonyl (C=O) groups excluding carboxylic acids is 4. The van der Waals surface area contributed by atoms with Crippen LogP contribution in [0.4, 0.5) is 0 Å². The molecule has 0 fully saturated rings. The van der Waals surface area contributed by atoms with E-state index in [9.17, 15) is 19.2 Å². The summed E-state index contributed by atoms with van der Waals surface area (Å²) in [6.07, 6.45) is 0. The second-order valence-electron chi connectivity index (χ2n) is 15.4. The zero-order valence-electron chi connectivity index (χ0n) is 39.1. The fourth-order valence-corrected chi connectivity index (χ4v) is 6.93. The highest BCUT2D eigenvalue weighted by Crippen LogP contribution is 2.28. The van der Waals surface area contributed by atoms with Gasteiger partial charge in [-0.2, -0.15) is 0 Å². The van der Waals surface area contributed by atoms with Gasteiger partial charge in [0.05, 0.1) is 48.7 Å². The van der Waals surface area contributed by atoms with Crippen LogP contribution in [0.5, 0.6) is 0 Å². The molecule has 0 aliphatic rings. The Morgan fingerprint density at radius 2 is 0.471 bits per heavy atom. The first-order valence-electron chi connectivity index (χ1n) is 22.7. The first-order valence-corrected chi connectivity index (χ1v) is 22.7. The Morgan fingerprint density at radius 3 is 0.671 bits per heavy atom. The maximum atomic E-state index is 12.2. The fraction of sp³-hybridized carbons (Fsp3) is 0.129. The topological polar surface area (TPSA) is 105 Å². The molecule has 0 aliphatic carbocycles. The molecule has 8 nitrogen and oxygen atoms in total. The van der Waals surface area contributed by atoms with Crippen molar-refractivity contribution in [1.29, 1.82) is 0 Å². The van der Waals surface area contributed by atoms with Crippen molar-refractivity contribution >= 4 is 23.9 Å². The second kappa shape index (κ2) is 23.9. The van der Waals surface area contributed by atoms with Crippen LogP contribution in [-0.4, -0.2) is 50.3 Å². The fourth-order valence-electron chi connectivity index (χ4n) is 6.93. The zero-order chi connectivity index (χ0) is 49.2. The van der Waals surface area contributed by atoms with Crippen molar-refractivity contribution in [3.05, 3.63) is 224 Å². The molecular formula is C62H46O8. The minimum absolute atomic E-state index is 0.291. The molecule has 0 amide bonds. The Kier molecular flexibility index (Phi) is 16.6. The van der Waals surface area contributed by atoms with E-state index in [0.717, 1.165) is 66.8 Å². The molecule has 0 heterocycles. The summed E-state index contributed by atoms with van der Waals surface area (Å²) < 4.78 is 20.5. The lowest BCUT2D eigenvalue weighted by atomic mass is 9.95. The van der Waals surface area contributed by atoms with Gasteiger partial charge in [-0.25, -0.2) is 19.2 Å². The van der Waals surface area contributed by atoms with E-state index in [2.05, 4.69) is 47.4 Å². The van der Waals surface area contributed by atoms with Gasteiger partial charge < -0.3 is 18.9 Å². The highest BCUT2D eigenvalue weighted by molar-refractivity contribution is 5.91. The second-order valence-corrected chi connectivity index (χ2v) is 15.4. The third kappa shape index (κ3) is 13.4. The molecular weight excluding hydrogens is 873 g/mol. The van der Waals surface area contributed by atoms with E-state index in [0.29, 0.717) is 48.7 Å². The monoisotopic (exact) mass is 918 g/mol. The predicted molar refractivity (Wildman–Crippen MR) is 271 cm³/mol. The lowest BCUT2D eigenvalue weighted by molar-refractivity contribution is 0.0516. The van der Waals surface area contributed by atoms with E-state index >= 15 is 0 Å². The Labute approximate surface area is 408 Å². The number of hydrogen-bond acceptors (Lipinski definition) is 8. The molecule has 342 valence electrons. The van der Waals surface area contributed by atoms with Crippen LogP contribution in [0.15, 0.2) is 158 Å². The molecule has 0 saturated heterocycles. The van der Waals surface area contributed by atoms with Gasteiger partial charge in [-0.05, 0) is 183 Å². The lowest BCUT2D eigenvalue weighted by Gasteiger charge is -2.08. The normalized spacial score (nSPS) is 10.0. The summed E-state index contributed by atoms with van der Waals surface area (Å²) in [5, 5.41) is 0. The highest BCUT2D eigenvalue weighted by Gasteiger charge is 2.10. The summed E-state index contributed by atoms with van der Waals surface area (Å²) in [7, 11) is 0. The third-order valence-corrected chi connectivity index (χ3v) is 10.4. The number of benzene rings is 7. The van der Waals surface area contributed by atoms with Crippen LogP contribution in [0.1, 0.15) is 114 Å². The summed E-state index contributed by atoms with van der Waals surface area (Å²) in [5.74, 6) is 24.5. The standard InChI is InChI=1S/C62H46O8/c1-5-67-59(63)53-25-17-43(18-26-53)9-13-47-37-48(14-10-44-19-27-54(28-20-44)60(64)68-6-2)40-57(39-47)51-33-35-52(36-34-51)58-41-49(15-11-45-21-29-55(30-22-45)61(65)69-7-3)38-50(42-58)16-12-46-23-31-56(32-24-46)62(66)70-8-4/h17-42H,5-8H2,1-4H3. The molecule has 0 saturated carbocycles. The van der Waals surface area contributed by atoms with E-state index < -0.39 is 0 Å². The molecule has 0 bridgehead atoms. The quantitative estimate of drug-likeness (QED) is 0.0759. The molecule has 7 aromatic carbocycles. The van der Waals surface area contributed by atoms with Gasteiger partial charge in [-0.3, -0.25) is 0 Å². The molecule has 0 atom stereocenters. The van der Waals surface area contributed by atoms with Gasteiger partial charge in [0, 0.05) is 44.5 Å². The summed E-state index contributed by atoms with van der Waals surface area (Å²) in [6.45, 7) is 8.23. The van der Waals surface area contributed by atoms with Crippen molar-refractivity contribution in [2.75, 3.05) is 26.4 Å². The number of rotatable bonds is 10. The SMILES string of the molecule is CCOC(=O)c1ccc(C#Cc2cc(C#Cc3ccc(C(=O)OCC)cc3)cc(-c3ccc(-c4cc(C#Cc5ccc(C(=O)OCC)cc5)cc(C#Cc5ccc(C(=O)OCC)cc5)c4)cc3)c2)cc1. The van der Waals surface area contributed by atoms with Crippen molar-refractivity contribution in [3.63, 3.8) is 0 Å². The molecule has 0 N–H and O–H groups in total. The minimum atomic E-state index is -0.387. The number of carbonyl (C=O) groups is 4.